The van der Waals surface area contributed by atoms with Crippen LogP contribution in [0.3, 0.4) is 0 Å². The lowest BCUT2D eigenvalue weighted by atomic mass is 10.3. The maximum atomic E-state index is 5.18. The molecule has 7 nitrogen and oxygen atoms in total. The van der Waals surface area contributed by atoms with Crippen LogP contribution in [0.1, 0.15) is 10.6 Å². The molecule has 0 bridgehead atoms. The summed E-state index contributed by atoms with van der Waals surface area (Å²) in [7, 11) is 3.11. The summed E-state index contributed by atoms with van der Waals surface area (Å²) in [5, 5.41) is 12.7. The molecule has 2 rings (SSSR count). The largest absolute Gasteiger partial charge is 0.481 e. The van der Waals surface area contributed by atoms with Gasteiger partial charge in [0.1, 0.15) is 11.3 Å². The normalized spacial score (nSPS) is 10.2. The van der Waals surface area contributed by atoms with Crippen molar-refractivity contribution in [2.45, 2.75) is 13.5 Å². The number of ether oxygens (including phenoxy) is 2. The molecule has 0 aromatic carbocycles. The lowest BCUT2D eigenvalue weighted by Crippen LogP contribution is -2.06. The highest BCUT2D eigenvalue weighted by Gasteiger charge is 2.13. The number of nitrogens with zero attached hydrogens (tertiary/aromatic N) is 4. The Morgan fingerprint density at radius 2 is 1.83 bits per heavy atom. The van der Waals surface area contributed by atoms with Crippen molar-refractivity contribution in [2.75, 3.05) is 19.5 Å². The first kappa shape index (κ1) is 12.5. The van der Waals surface area contributed by atoms with Gasteiger partial charge in [0, 0.05) is 0 Å². The zero-order valence-electron chi connectivity index (χ0n) is 10.3. The maximum absolute atomic E-state index is 5.18. The fourth-order valence-electron chi connectivity index (χ4n) is 1.42. The lowest BCUT2D eigenvalue weighted by molar-refractivity contribution is 0.363. The quantitative estimate of drug-likeness (QED) is 0.873. The molecule has 0 atom stereocenters. The van der Waals surface area contributed by atoms with Crippen LogP contribution in [0.2, 0.25) is 0 Å². The van der Waals surface area contributed by atoms with E-state index >= 15 is 0 Å². The Kier molecular flexibility index (Phi) is 3.88. The molecule has 2 aromatic rings. The summed E-state index contributed by atoms with van der Waals surface area (Å²) in [4.78, 5) is 8.07. The van der Waals surface area contributed by atoms with E-state index in [4.69, 9.17) is 9.47 Å². The summed E-state index contributed by atoms with van der Waals surface area (Å²) in [5.74, 6) is 0.964. The summed E-state index contributed by atoms with van der Waals surface area (Å²) in [6.07, 6.45) is 1.40. The molecule has 0 radical (unpaired) electrons. The van der Waals surface area contributed by atoms with Crippen LogP contribution in [0.5, 0.6) is 11.8 Å². The average Bonchev–Trinajstić information content (AvgIpc) is 2.81. The van der Waals surface area contributed by atoms with E-state index in [2.05, 4.69) is 25.5 Å². The van der Waals surface area contributed by atoms with Gasteiger partial charge in [0.25, 0.3) is 0 Å². The summed E-state index contributed by atoms with van der Waals surface area (Å²) in [6, 6.07) is 0. The molecule has 2 heterocycles. The fourth-order valence-corrected chi connectivity index (χ4v) is 2.00. The van der Waals surface area contributed by atoms with Gasteiger partial charge in [-0.15, -0.1) is 10.2 Å². The van der Waals surface area contributed by atoms with Gasteiger partial charge in [0.15, 0.2) is 0 Å². The number of aryl methyl sites for hydroxylation is 1. The Balaban J connectivity index is 2.17. The molecule has 1 N–H and O–H groups in total. The van der Waals surface area contributed by atoms with E-state index in [1.54, 1.807) is 14.2 Å². The minimum Gasteiger partial charge on any atom is -0.481 e. The van der Waals surface area contributed by atoms with Gasteiger partial charge >= 0.3 is 0 Å². The Hall–Kier alpha value is -1.96. The van der Waals surface area contributed by atoms with Crippen molar-refractivity contribution in [1.29, 1.82) is 0 Å². The second-order valence-electron chi connectivity index (χ2n) is 3.35. The van der Waals surface area contributed by atoms with Crippen molar-refractivity contribution < 1.29 is 9.47 Å². The number of rotatable bonds is 5. The highest BCUT2D eigenvalue weighted by atomic mass is 32.1. The minimum atomic E-state index is 0.460. The van der Waals surface area contributed by atoms with Crippen LogP contribution in [0, 0.1) is 6.92 Å². The van der Waals surface area contributed by atoms with E-state index in [1.165, 1.54) is 17.7 Å². The van der Waals surface area contributed by atoms with Crippen LogP contribution in [0.15, 0.2) is 6.33 Å². The first-order valence-corrected chi connectivity index (χ1v) is 6.02. The Bertz CT molecular complexity index is 508. The average molecular weight is 267 g/mol. The maximum Gasteiger partial charge on any atom is 0.225 e. The highest BCUT2D eigenvalue weighted by Crippen LogP contribution is 2.25. The molecule has 0 aliphatic heterocycles. The number of hydrogen-bond donors (Lipinski definition) is 1. The molecule has 0 unspecified atom stereocenters. The summed E-state index contributed by atoms with van der Waals surface area (Å²) >= 11 is 1.48. The second kappa shape index (κ2) is 5.58. The minimum absolute atomic E-state index is 0.460. The van der Waals surface area contributed by atoms with Crippen molar-refractivity contribution >= 4 is 16.5 Å². The van der Waals surface area contributed by atoms with Crippen LogP contribution in [0.25, 0.3) is 0 Å². The van der Waals surface area contributed by atoms with Gasteiger partial charge in [-0.25, -0.2) is 9.97 Å². The van der Waals surface area contributed by atoms with Crippen molar-refractivity contribution in [3.63, 3.8) is 0 Å². The molecular formula is C10H13N5O2S. The van der Waals surface area contributed by atoms with E-state index in [0.717, 1.165) is 15.7 Å². The van der Waals surface area contributed by atoms with E-state index in [0.29, 0.717) is 18.3 Å². The molecule has 0 saturated heterocycles. The third-order valence-corrected chi connectivity index (χ3v) is 2.99. The molecule has 0 amide bonds. The van der Waals surface area contributed by atoms with Crippen LogP contribution >= 0.6 is 11.3 Å². The van der Waals surface area contributed by atoms with Gasteiger partial charge in [-0.3, -0.25) is 0 Å². The number of hydrogen-bond acceptors (Lipinski definition) is 8. The third-order valence-electron chi connectivity index (χ3n) is 2.20. The fraction of sp³-hybridized carbons (Fsp3) is 0.400. The number of methoxy groups -OCH3 is 2. The highest BCUT2D eigenvalue weighted by molar-refractivity contribution is 7.15. The summed E-state index contributed by atoms with van der Waals surface area (Å²) < 4.78 is 10.4. The zero-order valence-corrected chi connectivity index (χ0v) is 11.1. The van der Waals surface area contributed by atoms with Crippen molar-refractivity contribution in [3.8, 4) is 11.8 Å². The molecular weight excluding hydrogens is 254 g/mol. The zero-order chi connectivity index (χ0) is 13.0. The van der Waals surface area contributed by atoms with E-state index < -0.39 is 0 Å². The summed E-state index contributed by atoms with van der Waals surface area (Å²) in [6.45, 7) is 2.36. The molecule has 0 saturated carbocycles. The van der Waals surface area contributed by atoms with Crippen molar-refractivity contribution in [1.82, 2.24) is 20.2 Å². The van der Waals surface area contributed by atoms with E-state index in [-0.39, 0.29) is 0 Å². The van der Waals surface area contributed by atoms with Gasteiger partial charge < -0.3 is 14.8 Å². The lowest BCUT2D eigenvalue weighted by Gasteiger charge is -2.10. The third kappa shape index (κ3) is 2.65. The molecule has 2 aromatic heterocycles. The van der Waals surface area contributed by atoms with Gasteiger partial charge in [0.2, 0.25) is 16.9 Å². The van der Waals surface area contributed by atoms with Gasteiger partial charge in [0.05, 0.1) is 26.3 Å². The van der Waals surface area contributed by atoms with Crippen LogP contribution < -0.4 is 14.8 Å². The van der Waals surface area contributed by atoms with Crippen LogP contribution in [-0.4, -0.2) is 34.4 Å². The molecule has 96 valence electrons. The molecule has 0 fully saturated rings. The Labute approximate surface area is 108 Å². The smallest absolute Gasteiger partial charge is 0.225 e. The number of aromatic nitrogens is 4. The topological polar surface area (TPSA) is 82.1 Å². The van der Waals surface area contributed by atoms with Crippen molar-refractivity contribution in [3.05, 3.63) is 16.9 Å². The molecule has 0 aliphatic rings. The predicted molar refractivity (Wildman–Crippen MR) is 67.1 cm³/mol. The standard InChI is InChI=1S/C10H13N5O2S/c1-6-14-15-10(18-6)11-4-7-8(16-2)12-5-13-9(7)17-3/h5H,4H2,1-3H3,(H,11,15). The van der Waals surface area contributed by atoms with Gasteiger partial charge in [-0.2, -0.15) is 0 Å². The molecule has 0 aliphatic carbocycles. The van der Waals surface area contributed by atoms with E-state index in [1.807, 2.05) is 6.92 Å². The number of nitrogens with one attached hydrogen (secondary N) is 1. The SMILES string of the molecule is COc1ncnc(OC)c1CNc1nnc(C)s1. The predicted octanol–water partition coefficient (Wildman–Crippen LogP) is 1.27. The van der Waals surface area contributed by atoms with Crippen molar-refractivity contribution in [2.24, 2.45) is 0 Å². The first-order valence-electron chi connectivity index (χ1n) is 5.20. The van der Waals surface area contributed by atoms with Crippen LogP contribution in [-0.2, 0) is 6.54 Å². The van der Waals surface area contributed by atoms with Gasteiger partial charge in [-0.1, -0.05) is 11.3 Å². The second-order valence-corrected chi connectivity index (χ2v) is 4.53. The summed E-state index contributed by atoms with van der Waals surface area (Å²) in [5.41, 5.74) is 0.746. The first-order chi connectivity index (χ1) is 8.74. The monoisotopic (exact) mass is 267 g/mol. The van der Waals surface area contributed by atoms with Crippen LogP contribution in [0.4, 0.5) is 5.13 Å². The van der Waals surface area contributed by atoms with Gasteiger partial charge in [-0.05, 0) is 6.92 Å². The number of anilines is 1. The Morgan fingerprint density at radius 1 is 1.17 bits per heavy atom. The van der Waals surface area contributed by atoms with E-state index in [9.17, 15) is 0 Å². The molecule has 8 heteroatoms. The molecule has 18 heavy (non-hydrogen) atoms. The Morgan fingerprint density at radius 3 is 2.33 bits per heavy atom. The molecule has 0 spiro atoms.